The second-order valence-corrected chi connectivity index (χ2v) is 7.33. The summed E-state index contributed by atoms with van der Waals surface area (Å²) in [6, 6.07) is 12.9. The molecular weight excluding hydrogens is 367 g/mol. The summed E-state index contributed by atoms with van der Waals surface area (Å²) in [4.78, 5) is 12.0. The van der Waals surface area contributed by atoms with E-state index in [9.17, 15) is 9.18 Å². The summed E-state index contributed by atoms with van der Waals surface area (Å²) in [5.41, 5.74) is 4.05. The molecule has 0 N–H and O–H groups in total. The predicted octanol–water partition coefficient (Wildman–Crippen LogP) is 6.67. The van der Waals surface area contributed by atoms with Crippen LogP contribution in [0, 0.1) is 5.82 Å². The second-order valence-electron chi connectivity index (χ2n) is 7.33. The van der Waals surface area contributed by atoms with E-state index >= 15 is 0 Å². The maximum atomic E-state index is 13.2. The third-order valence-electron chi connectivity index (χ3n) is 4.64. The number of hydrogen-bond acceptors (Lipinski definition) is 3. The molecule has 150 valence electrons. The summed E-state index contributed by atoms with van der Waals surface area (Å²) in [6.07, 6.45) is 6.32. The Bertz CT molecular complexity index is 1100. The molecule has 29 heavy (non-hydrogen) atoms. The van der Waals surface area contributed by atoms with Gasteiger partial charge in [-0.25, -0.2) is 9.18 Å². The largest absolute Gasteiger partial charge is 0.489 e. The van der Waals surface area contributed by atoms with Crippen molar-refractivity contribution < 1.29 is 13.5 Å². The van der Waals surface area contributed by atoms with Crippen LogP contribution < -0.4 is 10.4 Å². The van der Waals surface area contributed by atoms with Crippen molar-refractivity contribution in [2.24, 2.45) is 0 Å². The van der Waals surface area contributed by atoms with Crippen LogP contribution >= 0.6 is 0 Å². The molecule has 0 saturated heterocycles. The zero-order chi connectivity index (χ0) is 20.8. The van der Waals surface area contributed by atoms with Crippen LogP contribution in [0.4, 0.5) is 4.39 Å². The number of fused-ring (bicyclic) bond motifs is 1. The van der Waals surface area contributed by atoms with Gasteiger partial charge in [0.2, 0.25) is 0 Å². The molecule has 0 aliphatic rings. The minimum atomic E-state index is -0.455. The van der Waals surface area contributed by atoms with Gasteiger partial charge in [-0.2, -0.15) is 0 Å². The summed E-state index contributed by atoms with van der Waals surface area (Å²) in [6.45, 7) is 6.74. The highest BCUT2D eigenvalue weighted by Gasteiger charge is 2.09. The van der Waals surface area contributed by atoms with Crippen molar-refractivity contribution in [3.05, 3.63) is 88.1 Å². The molecule has 2 aromatic carbocycles. The normalized spacial score (nSPS) is 11.5. The maximum Gasteiger partial charge on any atom is 0.336 e. The molecule has 3 rings (SSSR count). The van der Waals surface area contributed by atoms with Crippen molar-refractivity contribution in [3.8, 4) is 16.9 Å². The maximum absolute atomic E-state index is 13.2. The summed E-state index contributed by atoms with van der Waals surface area (Å²) in [7, 11) is 0. The van der Waals surface area contributed by atoms with Crippen LogP contribution in [0.1, 0.15) is 33.6 Å². The number of hydrogen-bond donors (Lipinski definition) is 0. The summed E-state index contributed by atoms with van der Waals surface area (Å²) < 4.78 is 24.4. The molecule has 1 heterocycles. The number of benzene rings is 2. The molecule has 0 spiro atoms. The van der Waals surface area contributed by atoms with Crippen LogP contribution in [-0.4, -0.2) is 6.61 Å². The SMILES string of the molecule is CC(C)=CCC/C(C)=C/COc1ccc2c(-c3ccc(F)cc3)cc(=O)oc2c1. The molecular formula is C25H25FO3. The lowest BCUT2D eigenvalue weighted by atomic mass is 10.0. The van der Waals surface area contributed by atoms with Gasteiger partial charge in [0.05, 0.1) is 0 Å². The van der Waals surface area contributed by atoms with Gasteiger partial charge in [0.25, 0.3) is 0 Å². The molecule has 0 bridgehead atoms. The Labute approximate surface area is 170 Å². The van der Waals surface area contributed by atoms with E-state index in [-0.39, 0.29) is 5.82 Å². The van der Waals surface area contributed by atoms with Gasteiger partial charge in [-0.1, -0.05) is 29.4 Å². The van der Waals surface area contributed by atoms with E-state index in [1.54, 1.807) is 18.2 Å². The fourth-order valence-electron chi connectivity index (χ4n) is 3.07. The first-order valence-electron chi connectivity index (χ1n) is 9.68. The Morgan fingerprint density at radius 2 is 1.79 bits per heavy atom. The Hall–Kier alpha value is -3.14. The monoisotopic (exact) mass is 392 g/mol. The number of allylic oxidation sites excluding steroid dienone is 3. The Morgan fingerprint density at radius 1 is 1.03 bits per heavy atom. The Balaban J connectivity index is 1.77. The Morgan fingerprint density at radius 3 is 2.52 bits per heavy atom. The summed E-state index contributed by atoms with van der Waals surface area (Å²) >= 11 is 0. The van der Waals surface area contributed by atoms with Crippen LogP contribution in [0.15, 0.2) is 81.0 Å². The quantitative estimate of drug-likeness (QED) is 0.333. The van der Waals surface area contributed by atoms with Gasteiger partial charge in [-0.15, -0.1) is 0 Å². The van der Waals surface area contributed by atoms with Gasteiger partial charge in [0, 0.05) is 17.5 Å². The molecule has 0 atom stereocenters. The van der Waals surface area contributed by atoms with E-state index in [1.165, 1.54) is 29.3 Å². The standard InChI is InChI=1S/C25H25FO3/c1-17(2)5-4-6-18(3)13-14-28-21-11-12-22-23(16-25(27)29-24(22)15-21)19-7-9-20(26)10-8-19/h5,7-13,15-16H,4,6,14H2,1-3H3/b18-13+. The highest BCUT2D eigenvalue weighted by Crippen LogP contribution is 2.29. The third kappa shape index (κ3) is 5.67. The van der Waals surface area contributed by atoms with E-state index in [2.05, 4.69) is 32.9 Å². The highest BCUT2D eigenvalue weighted by atomic mass is 19.1. The van der Waals surface area contributed by atoms with Gasteiger partial charge >= 0.3 is 5.63 Å². The zero-order valence-electron chi connectivity index (χ0n) is 17.0. The van der Waals surface area contributed by atoms with E-state index in [1.807, 2.05) is 12.1 Å². The third-order valence-corrected chi connectivity index (χ3v) is 4.64. The molecule has 0 fully saturated rings. The van der Waals surface area contributed by atoms with Crippen LogP contribution in [0.5, 0.6) is 5.75 Å². The summed E-state index contributed by atoms with van der Waals surface area (Å²) in [5, 5.41) is 0.775. The number of halogens is 1. The van der Waals surface area contributed by atoms with Gasteiger partial charge in [0.1, 0.15) is 23.8 Å². The molecule has 0 amide bonds. The fraction of sp³-hybridized carbons (Fsp3) is 0.240. The van der Waals surface area contributed by atoms with E-state index in [0.717, 1.165) is 23.8 Å². The average molecular weight is 392 g/mol. The van der Waals surface area contributed by atoms with E-state index < -0.39 is 5.63 Å². The number of ether oxygens (including phenoxy) is 1. The number of rotatable bonds is 7. The van der Waals surface area contributed by atoms with Crippen LogP contribution in [0.3, 0.4) is 0 Å². The lowest BCUT2D eigenvalue weighted by molar-refractivity contribution is 0.361. The molecule has 0 radical (unpaired) electrons. The predicted molar refractivity (Wildman–Crippen MR) is 116 cm³/mol. The Kier molecular flexibility index (Phi) is 6.65. The molecule has 3 aromatic rings. The van der Waals surface area contributed by atoms with E-state index in [4.69, 9.17) is 9.15 Å². The topological polar surface area (TPSA) is 39.4 Å². The average Bonchev–Trinajstić information content (AvgIpc) is 2.67. The van der Waals surface area contributed by atoms with Crippen molar-refractivity contribution in [1.82, 2.24) is 0 Å². The molecule has 0 aliphatic heterocycles. The van der Waals surface area contributed by atoms with Gasteiger partial charge in [0.15, 0.2) is 0 Å². The minimum absolute atomic E-state index is 0.319. The molecule has 0 saturated carbocycles. The molecule has 0 aliphatic carbocycles. The lowest BCUT2D eigenvalue weighted by Gasteiger charge is -2.08. The van der Waals surface area contributed by atoms with E-state index in [0.29, 0.717) is 23.5 Å². The molecule has 1 aromatic heterocycles. The highest BCUT2D eigenvalue weighted by molar-refractivity contribution is 5.93. The van der Waals surface area contributed by atoms with Gasteiger partial charge in [-0.05, 0) is 75.1 Å². The van der Waals surface area contributed by atoms with Crippen molar-refractivity contribution in [1.29, 1.82) is 0 Å². The smallest absolute Gasteiger partial charge is 0.336 e. The fourth-order valence-corrected chi connectivity index (χ4v) is 3.07. The van der Waals surface area contributed by atoms with Gasteiger partial charge < -0.3 is 9.15 Å². The minimum Gasteiger partial charge on any atom is -0.489 e. The van der Waals surface area contributed by atoms with Crippen LogP contribution in [0.2, 0.25) is 0 Å². The van der Waals surface area contributed by atoms with Crippen molar-refractivity contribution in [2.75, 3.05) is 6.61 Å². The van der Waals surface area contributed by atoms with Gasteiger partial charge in [-0.3, -0.25) is 0 Å². The van der Waals surface area contributed by atoms with Crippen LogP contribution in [0.25, 0.3) is 22.1 Å². The molecule has 3 nitrogen and oxygen atoms in total. The zero-order valence-corrected chi connectivity index (χ0v) is 17.0. The molecule has 4 heteroatoms. The molecule has 0 unspecified atom stereocenters. The van der Waals surface area contributed by atoms with Crippen molar-refractivity contribution in [2.45, 2.75) is 33.6 Å². The first-order valence-corrected chi connectivity index (χ1v) is 9.68. The van der Waals surface area contributed by atoms with Crippen molar-refractivity contribution in [3.63, 3.8) is 0 Å². The lowest BCUT2D eigenvalue weighted by Crippen LogP contribution is -1.99. The van der Waals surface area contributed by atoms with Crippen LogP contribution in [-0.2, 0) is 0 Å². The summed E-state index contributed by atoms with van der Waals surface area (Å²) in [5.74, 6) is 0.311. The second kappa shape index (κ2) is 9.37. The first kappa shape index (κ1) is 20.6. The van der Waals surface area contributed by atoms with Crippen molar-refractivity contribution >= 4 is 11.0 Å². The first-order chi connectivity index (χ1) is 13.9.